The van der Waals surface area contributed by atoms with Crippen molar-refractivity contribution < 1.29 is 0 Å². The summed E-state index contributed by atoms with van der Waals surface area (Å²) in [5, 5.41) is 19.7. The van der Waals surface area contributed by atoms with Crippen molar-refractivity contribution in [3.05, 3.63) is 140 Å². The van der Waals surface area contributed by atoms with E-state index in [1.165, 1.54) is 80.5 Å². The molecule has 9 aromatic carbocycles. The van der Waals surface area contributed by atoms with Crippen LogP contribution < -0.4 is 15.9 Å². The zero-order valence-electron chi connectivity index (χ0n) is 21.9. The number of benzene rings is 9. The van der Waals surface area contributed by atoms with Gasteiger partial charge in [-0.1, -0.05) is 122 Å². The van der Waals surface area contributed by atoms with Crippen LogP contribution in [0.1, 0.15) is 0 Å². The van der Waals surface area contributed by atoms with Crippen molar-refractivity contribution in [2.45, 2.75) is 0 Å². The summed E-state index contributed by atoms with van der Waals surface area (Å²) in [4.78, 5) is 0. The van der Waals surface area contributed by atoms with Gasteiger partial charge < -0.3 is 0 Å². The normalized spacial score (nSPS) is 12.6. The fraction of sp³-hybridized carbons (Fsp3) is 0. The molecule has 0 nitrogen and oxygen atoms in total. The Balaban J connectivity index is 1.38. The largest absolute Gasteiger partial charge is 0.0887 e. The predicted molar refractivity (Wildman–Crippen MR) is 180 cm³/mol. The fourth-order valence-electron chi connectivity index (χ4n) is 7.04. The molecule has 0 fully saturated rings. The first kappa shape index (κ1) is 22.2. The molecule has 0 bridgehead atoms. The average molecular weight is 525 g/mol. The molecular formula is C39H25P. The second-order valence-corrected chi connectivity index (χ2v) is 14.3. The van der Waals surface area contributed by atoms with Gasteiger partial charge in [-0.05, 0) is 112 Å². The second-order valence-electron chi connectivity index (χ2n) is 11.1. The number of rotatable bonds is 3. The predicted octanol–water partition coefficient (Wildman–Crippen LogP) is 9.21. The summed E-state index contributed by atoms with van der Waals surface area (Å²) in [6.07, 6.45) is 5.16. The molecule has 40 heavy (non-hydrogen) atoms. The summed E-state index contributed by atoms with van der Waals surface area (Å²) in [6, 6.07) is 52.1. The standard InChI is InChI=1S/C39H25P/c1-40(33-11-3-2-4-12-33,34-21-29-17-13-25-7-5-8-26-14-18-30(22-34)38(29)36(25)26)35-23-31-19-15-27-9-6-10-28-16-20-32(24-35)39(31)37(27)28/h2-24H,1H2. The first-order chi connectivity index (χ1) is 19.7. The van der Waals surface area contributed by atoms with E-state index in [4.69, 9.17) is 6.30 Å². The van der Waals surface area contributed by atoms with Crippen LogP contribution in [-0.4, -0.2) is 6.30 Å². The van der Waals surface area contributed by atoms with Gasteiger partial charge in [-0.2, -0.15) is 0 Å². The average Bonchev–Trinajstić information content (AvgIpc) is 3.02. The molecule has 0 amide bonds. The summed E-state index contributed by atoms with van der Waals surface area (Å²) >= 11 is 0. The molecule has 0 saturated heterocycles. The highest BCUT2D eigenvalue weighted by Crippen LogP contribution is 2.46. The van der Waals surface area contributed by atoms with Gasteiger partial charge in [-0.15, -0.1) is 0 Å². The molecule has 1 heteroatoms. The number of hydrogen-bond acceptors (Lipinski definition) is 0. The minimum atomic E-state index is -2.21. The van der Waals surface area contributed by atoms with E-state index in [1.807, 2.05) is 0 Å². The lowest BCUT2D eigenvalue weighted by Crippen LogP contribution is -2.25. The van der Waals surface area contributed by atoms with Crippen LogP contribution in [-0.2, 0) is 0 Å². The molecule has 0 saturated carbocycles. The third-order valence-corrected chi connectivity index (χ3v) is 12.4. The van der Waals surface area contributed by atoms with E-state index < -0.39 is 6.89 Å². The maximum absolute atomic E-state index is 5.16. The Morgan fingerprint density at radius 3 is 1.00 bits per heavy atom. The van der Waals surface area contributed by atoms with E-state index in [0.717, 1.165) is 0 Å². The summed E-state index contributed by atoms with van der Waals surface area (Å²) in [5.41, 5.74) is 0. The van der Waals surface area contributed by atoms with E-state index in [1.54, 1.807) is 0 Å². The van der Waals surface area contributed by atoms with Crippen molar-refractivity contribution in [3.8, 4) is 0 Å². The van der Waals surface area contributed by atoms with E-state index in [-0.39, 0.29) is 0 Å². The van der Waals surface area contributed by atoms with Crippen molar-refractivity contribution in [1.82, 2.24) is 0 Å². The van der Waals surface area contributed by atoms with Crippen LogP contribution >= 0.6 is 6.89 Å². The van der Waals surface area contributed by atoms with E-state index in [9.17, 15) is 0 Å². The Hall–Kier alpha value is -4.64. The maximum Gasteiger partial charge on any atom is -0.00263 e. The Labute approximate surface area is 232 Å². The summed E-state index contributed by atoms with van der Waals surface area (Å²) in [7, 11) is 0. The van der Waals surface area contributed by atoms with E-state index in [2.05, 4.69) is 140 Å². The smallest absolute Gasteiger partial charge is 0.00263 e. The van der Waals surface area contributed by atoms with Gasteiger partial charge in [0.15, 0.2) is 0 Å². The molecule has 0 atom stereocenters. The first-order valence-corrected chi connectivity index (χ1v) is 15.8. The molecule has 0 unspecified atom stereocenters. The third-order valence-electron chi connectivity index (χ3n) is 8.97. The van der Waals surface area contributed by atoms with Gasteiger partial charge in [0, 0.05) is 0 Å². The van der Waals surface area contributed by atoms with Crippen LogP contribution in [0.3, 0.4) is 0 Å². The molecule has 0 aliphatic rings. The van der Waals surface area contributed by atoms with Gasteiger partial charge in [0.25, 0.3) is 0 Å². The Morgan fingerprint density at radius 2 is 0.625 bits per heavy atom. The van der Waals surface area contributed by atoms with E-state index in [0.29, 0.717) is 0 Å². The molecule has 0 aromatic heterocycles. The van der Waals surface area contributed by atoms with Crippen molar-refractivity contribution >= 4 is 93.7 Å². The highest BCUT2D eigenvalue weighted by atomic mass is 31.2. The van der Waals surface area contributed by atoms with Gasteiger partial charge in [0.05, 0.1) is 0 Å². The SMILES string of the molecule is C=P(c1ccccc1)(c1cc2ccc3cccc4ccc(c1)c2c34)c1cc2ccc3cccc4ccc(c1)c2c34. The van der Waals surface area contributed by atoms with Gasteiger partial charge in [0.2, 0.25) is 0 Å². The quantitative estimate of drug-likeness (QED) is 0.160. The molecule has 0 radical (unpaired) electrons. The Bertz CT molecular complexity index is 2170. The lowest BCUT2D eigenvalue weighted by molar-refractivity contribution is 1.76. The summed E-state index contributed by atoms with van der Waals surface area (Å²) in [5.74, 6) is 0. The minimum Gasteiger partial charge on any atom is -0.0887 e. The number of hydrogen-bond donors (Lipinski definition) is 0. The van der Waals surface area contributed by atoms with Crippen LogP contribution in [0.25, 0.3) is 64.6 Å². The highest BCUT2D eigenvalue weighted by molar-refractivity contribution is 7.93. The maximum atomic E-state index is 5.16. The van der Waals surface area contributed by atoms with Crippen LogP contribution in [0, 0.1) is 0 Å². The first-order valence-electron chi connectivity index (χ1n) is 13.8. The summed E-state index contributed by atoms with van der Waals surface area (Å²) in [6.45, 7) is -2.21. The van der Waals surface area contributed by atoms with Crippen molar-refractivity contribution in [1.29, 1.82) is 0 Å². The van der Waals surface area contributed by atoms with Gasteiger partial charge in [-0.25, -0.2) is 0 Å². The molecule has 0 aliphatic carbocycles. The zero-order valence-corrected chi connectivity index (χ0v) is 22.8. The minimum absolute atomic E-state index is 1.29. The molecule has 0 heterocycles. The molecule has 0 spiro atoms. The highest BCUT2D eigenvalue weighted by Gasteiger charge is 2.25. The topological polar surface area (TPSA) is 0 Å². The monoisotopic (exact) mass is 524 g/mol. The van der Waals surface area contributed by atoms with E-state index >= 15 is 0 Å². The molecule has 186 valence electrons. The molecule has 9 rings (SSSR count). The molecule has 0 N–H and O–H groups in total. The van der Waals surface area contributed by atoms with Gasteiger partial charge in [0.1, 0.15) is 0 Å². The Kier molecular flexibility index (Phi) is 4.41. The van der Waals surface area contributed by atoms with Gasteiger partial charge in [-0.3, -0.25) is 0 Å². The van der Waals surface area contributed by atoms with Crippen molar-refractivity contribution in [3.63, 3.8) is 0 Å². The summed E-state index contributed by atoms with van der Waals surface area (Å²) < 4.78 is 0. The lowest BCUT2D eigenvalue weighted by Gasteiger charge is -2.28. The molecule has 0 aliphatic heterocycles. The van der Waals surface area contributed by atoms with Crippen molar-refractivity contribution in [2.75, 3.05) is 0 Å². The van der Waals surface area contributed by atoms with Crippen LogP contribution in [0.4, 0.5) is 0 Å². The molecular weight excluding hydrogens is 499 g/mol. The fourth-order valence-corrected chi connectivity index (χ4v) is 10.1. The van der Waals surface area contributed by atoms with Crippen molar-refractivity contribution in [2.24, 2.45) is 0 Å². The van der Waals surface area contributed by atoms with Crippen LogP contribution in [0.2, 0.25) is 0 Å². The molecule has 9 aromatic rings. The third kappa shape index (κ3) is 2.92. The van der Waals surface area contributed by atoms with Gasteiger partial charge >= 0.3 is 0 Å². The Morgan fingerprint density at radius 1 is 0.300 bits per heavy atom. The second kappa shape index (κ2) is 7.95. The van der Waals surface area contributed by atoms with Crippen LogP contribution in [0.5, 0.6) is 0 Å². The zero-order chi connectivity index (χ0) is 26.4. The lowest BCUT2D eigenvalue weighted by atomic mass is 9.94. The van der Waals surface area contributed by atoms with Crippen LogP contribution in [0.15, 0.2) is 140 Å².